The Hall–Kier alpha value is -5.67. The van der Waals surface area contributed by atoms with E-state index in [1.807, 2.05) is 21.1 Å². The van der Waals surface area contributed by atoms with Crippen LogP contribution in [0.2, 0.25) is 0 Å². The fourth-order valence-corrected chi connectivity index (χ4v) is 9.03. The van der Waals surface area contributed by atoms with Crippen molar-refractivity contribution in [2.75, 3.05) is 47.5 Å². The van der Waals surface area contributed by atoms with Gasteiger partial charge in [0.2, 0.25) is 0 Å². The molecule has 0 aromatic carbocycles. The number of nitrogens with zero attached hydrogens (tertiary/aromatic N) is 1. The standard InChI is InChI=1S/C80H124NO8P/c1-6-8-10-12-14-16-18-20-22-24-26-28-30-32-34-36-38-40-42-44-46-48-50-52-54-56-58-60-62-64-66-68-70-72-79(82)86-76-78(77-88-90(84,85)87-75-74-81(3,4)5)89-80(83)73-71-69-67-65-63-61-59-57-55-53-51-49-47-45-43-41-39-37-35-33-31-29-27-25-23-21-19-17-15-13-11-9-7-2/h8-11,14-17,20-23,26-29,32-35,38-41,44-47,50-53,57,59,63,65,78H,6-7,12-13,18-19,24-25,30-31,36-37,42-43,48-49,54-56,58,60-62,64,66-77H2,1-5H3/p+1/b10-8-,11-9-,16-14-,17-15-,22-20-,23-21-,28-26-,29-27-,34-32-,35-33-,40-38-,41-39-,46-44-,47-45-,52-50-,53-51-,59-57-,65-63-. The highest BCUT2D eigenvalue weighted by molar-refractivity contribution is 7.47. The van der Waals surface area contributed by atoms with Crippen molar-refractivity contribution in [3.05, 3.63) is 219 Å². The number of rotatable bonds is 60. The van der Waals surface area contributed by atoms with Crippen LogP contribution >= 0.6 is 7.82 Å². The Morgan fingerprint density at radius 1 is 0.344 bits per heavy atom. The lowest BCUT2D eigenvalue weighted by atomic mass is 10.1. The largest absolute Gasteiger partial charge is 0.472 e. The van der Waals surface area contributed by atoms with Crippen LogP contribution in [0.1, 0.15) is 219 Å². The molecular formula is C80H125NO8P+. The quantitative estimate of drug-likeness (QED) is 0.0211. The Balaban J connectivity index is 4.27. The molecule has 0 aliphatic heterocycles. The van der Waals surface area contributed by atoms with E-state index in [0.717, 1.165) is 154 Å². The van der Waals surface area contributed by atoms with Crippen LogP contribution in [0.25, 0.3) is 0 Å². The number of unbranched alkanes of at least 4 members (excludes halogenated alkanes) is 10. The topological polar surface area (TPSA) is 108 Å². The number of hydrogen-bond acceptors (Lipinski definition) is 7. The third-order valence-electron chi connectivity index (χ3n) is 13.5. The van der Waals surface area contributed by atoms with Crippen molar-refractivity contribution in [1.29, 1.82) is 0 Å². The third-order valence-corrected chi connectivity index (χ3v) is 14.5. The van der Waals surface area contributed by atoms with E-state index in [4.69, 9.17) is 18.5 Å². The van der Waals surface area contributed by atoms with Gasteiger partial charge in [0.25, 0.3) is 0 Å². The van der Waals surface area contributed by atoms with Gasteiger partial charge in [0, 0.05) is 12.8 Å². The average molecular weight is 1260 g/mol. The smallest absolute Gasteiger partial charge is 0.462 e. The molecular weight excluding hydrogens is 1130 g/mol. The highest BCUT2D eigenvalue weighted by atomic mass is 31.2. The molecule has 0 heterocycles. The van der Waals surface area contributed by atoms with E-state index in [0.29, 0.717) is 23.9 Å². The van der Waals surface area contributed by atoms with Crippen LogP contribution in [0.5, 0.6) is 0 Å². The number of phosphoric ester groups is 1. The molecule has 0 aromatic heterocycles. The second-order valence-electron chi connectivity index (χ2n) is 23.1. The summed E-state index contributed by atoms with van der Waals surface area (Å²) in [6, 6.07) is 0. The van der Waals surface area contributed by atoms with Gasteiger partial charge in [-0.25, -0.2) is 4.57 Å². The predicted molar refractivity (Wildman–Crippen MR) is 389 cm³/mol. The average Bonchev–Trinajstić information content (AvgIpc) is 3.58. The molecule has 502 valence electrons. The molecule has 1 N–H and O–H groups in total. The minimum absolute atomic E-state index is 0.00836. The van der Waals surface area contributed by atoms with Gasteiger partial charge >= 0.3 is 19.8 Å². The summed E-state index contributed by atoms with van der Waals surface area (Å²) in [7, 11) is 1.41. The molecule has 0 bridgehead atoms. The molecule has 0 aliphatic rings. The van der Waals surface area contributed by atoms with Crippen LogP contribution in [0, 0.1) is 0 Å². The van der Waals surface area contributed by atoms with Crippen molar-refractivity contribution in [3.63, 3.8) is 0 Å². The summed E-state index contributed by atoms with van der Waals surface area (Å²) in [5.41, 5.74) is 0. The van der Waals surface area contributed by atoms with Crippen LogP contribution in [0.15, 0.2) is 219 Å². The fraction of sp³-hybridized carbons (Fsp3) is 0.525. The lowest BCUT2D eigenvalue weighted by molar-refractivity contribution is -0.870. The molecule has 0 rings (SSSR count). The molecule has 2 unspecified atom stereocenters. The number of phosphoric acid groups is 1. The number of hydrogen-bond donors (Lipinski definition) is 1. The van der Waals surface area contributed by atoms with Crippen molar-refractivity contribution < 1.29 is 42.1 Å². The molecule has 0 amide bonds. The fourth-order valence-electron chi connectivity index (χ4n) is 8.29. The highest BCUT2D eigenvalue weighted by Gasteiger charge is 2.27. The van der Waals surface area contributed by atoms with Crippen LogP contribution in [-0.2, 0) is 32.7 Å². The molecule has 0 aromatic rings. The molecule has 90 heavy (non-hydrogen) atoms. The van der Waals surface area contributed by atoms with Gasteiger partial charge in [-0.1, -0.05) is 271 Å². The maximum absolute atomic E-state index is 12.9. The molecule has 2 atom stereocenters. The maximum Gasteiger partial charge on any atom is 0.472 e. The SMILES string of the molecule is CC/C=C\C/C=C\C/C=C\C/C=C\C/C=C\C/C=C\C/C=C\C/C=C\C/C=C\C/C=C\CCCCC(=O)OC(COC(=O)CCCCCCCCCC/C=C\C/C=C\C/C=C\C/C=C\C/C=C\C/C=C\C/C=C\C/C=C\CC)COP(=O)(O)OCC[N+](C)(C)C. The number of carbonyl (C=O) groups excluding carboxylic acids is 2. The number of ether oxygens (including phenoxy) is 2. The van der Waals surface area contributed by atoms with Gasteiger partial charge in [0.1, 0.15) is 19.8 Å². The number of esters is 2. The van der Waals surface area contributed by atoms with Crippen molar-refractivity contribution in [3.8, 4) is 0 Å². The number of allylic oxidation sites excluding steroid dienone is 36. The van der Waals surface area contributed by atoms with Crippen molar-refractivity contribution >= 4 is 19.8 Å². The van der Waals surface area contributed by atoms with E-state index < -0.39 is 32.5 Å². The Kier molecular flexibility index (Phi) is 63.4. The maximum atomic E-state index is 12.9. The van der Waals surface area contributed by atoms with Crippen LogP contribution in [0.3, 0.4) is 0 Å². The van der Waals surface area contributed by atoms with Crippen LogP contribution < -0.4 is 0 Å². The van der Waals surface area contributed by atoms with Gasteiger partial charge in [-0.3, -0.25) is 18.6 Å². The minimum Gasteiger partial charge on any atom is -0.462 e. The van der Waals surface area contributed by atoms with Gasteiger partial charge in [-0.05, 0) is 154 Å². The normalized spacial score (nSPS) is 14.5. The molecule has 0 radical (unpaired) electrons. The lowest BCUT2D eigenvalue weighted by Crippen LogP contribution is -2.37. The molecule has 9 nitrogen and oxygen atoms in total. The lowest BCUT2D eigenvalue weighted by Gasteiger charge is -2.24. The molecule has 0 saturated heterocycles. The molecule has 0 aliphatic carbocycles. The molecule has 0 saturated carbocycles. The van der Waals surface area contributed by atoms with E-state index in [-0.39, 0.29) is 26.1 Å². The predicted octanol–water partition coefficient (Wildman–Crippen LogP) is 22.8. The first-order valence-corrected chi connectivity index (χ1v) is 36.0. The second kappa shape index (κ2) is 67.7. The van der Waals surface area contributed by atoms with E-state index >= 15 is 0 Å². The van der Waals surface area contributed by atoms with Crippen molar-refractivity contribution in [2.45, 2.75) is 225 Å². The zero-order chi connectivity index (χ0) is 65.5. The summed E-state index contributed by atoms with van der Waals surface area (Å²) < 4.78 is 34.6. The van der Waals surface area contributed by atoms with Gasteiger partial charge < -0.3 is 18.9 Å². The van der Waals surface area contributed by atoms with E-state index in [2.05, 4.69) is 233 Å². The van der Waals surface area contributed by atoms with Crippen LogP contribution in [0.4, 0.5) is 0 Å². The monoisotopic (exact) mass is 1260 g/mol. The summed E-state index contributed by atoms with van der Waals surface area (Å²) in [5.74, 6) is -0.878. The Bertz CT molecular complexity index is 2320. The number of quaternary nitrogens is 1. The van der Waals surface area contributed by atoms with Gasteiger partial charge in [0.15, 0.2) is 6.10 Å². The van der Waals surface area contributed by atoms with Gasteiger partial charge in [-0.2, -0.15) is 0 Å². The first kappa shape index (κ1) is 84.3. The summed E-state index contributed by atoms with van der Waals surface area (Å²) >= 11 is 0. The number of likely N-dealkylation sites (N-methyl/N-ethyl adjacent to an activating group) is 1. The Morgan fingerprint density at radius 3 is 0.911 bits per heavy atom. The summed E-state index contributed by atoms with van der Waals surface area (Å²) in [5, 5.41) is 0. The summed E-state index contributed by atoms with van der Waals surface area (Å²) in [4.78, 5) is 35.9. The molecule has 0 spiro atoms. The van der Waals surface area contributed by atoms with Gasteiger partial charge in [-0.15, -0.1) is 0 Å². The van der Waals surface area contributed by atoms with Crippen molar-refractivity contribution in [2.24, 2.45) is 0 Å². The zero-order valence-electron chi connectivity index (χ0n) is 57.0. The Labute approximate surface area is 550 Å². The third kappa shape index (κ3) is 71.4. The second-order valence-corrected chi connectivity index (χ2v) is 24.5. The van der Waals surface area contributed by atoms with Crippen molar-refractivity contribution in [1.82, 2.24) is 0 Å². The Morgan fingerprint density at radius 2 is 0.600 bits per heavy atom. The summed E-state index contributed by atoms with van der Waals surface area (Å²) in [6.45, 7) is 4.11. The van der Waals surface area contributed by atoms with E-state index in [1.54, 1.807) is 0 Å². The van der Waals surface area contributed by atoms with E-state index in [9.17, 15) is 19.0 Å². The first-order chi connectivity index (χ1) is 44.0. The first-order valence-electron chi connectivity index (χ1n) is 34.5. The number of carbonyl (C=O) groups is 2. The van der Waals surface area contributed by atoms with Gasteiger partial charge in [0.05, 0.1) is 27.7 Å². The minimum atomic E-state index is -4.42. The molecule has 10 heteroatoms. The zero-order valence-corrected chi connectivity index (χ0v) is 57.9. The summed E-state index contributed by atoms with van der Waals surface area (Å²) in [6.07, 6.45) is 109. The highest BCUT2D eigenvalue weighted by Crippen LogP contribution is 2.43. The van der Waals surface area contributed by atoms with E-state index in [1.165, 1.54) is 25.7 Å². The van der Waals surface area contributed by atoms with Crippen LogP contribution in [-0.4, -0.2) is 74.9 Å². The molecule has 0 fully saturated rings.